The van der Waals surface area contributed by atoms with Crippen LogP contribution in [0.4, 0.5) is 13.2 Å². The molecule has 0 spiro atoms. The molecule has 0 aromatic heterocycles. The molecule has 0 saturated heterocycles. The second kappa shape index (κ2) is 6.26. The summed E-state index contributed by atoms with van der Waals surface area (Å²) in [5, 5.41) is 3.30. The van der Waals surface area contributed by atoms with Crippen molar-refractivity contribution < 1.29 is 17.9 Å². The van der Waals surface area contributed by atoms with Crippen molar-refractivity contribution in [2.75, 3.05) is 6.54 Å². The molecule has 1 saturated carbocycles. The summed E-state index contributed by atoms with van der Waals surface area (Å²) < 4.78 is 44.9. The number of alkyl halides is 3. The Morgan fingerprint density at radius 2 is 1.90 bits per heavy atom. The summed E-state index contributed by atoms with van der Waals surface area (Å²) in [6, 6.07) is 5.84. The third-order valence-electron chi connectivity index (χ3n) is 3.92. The predicted molar refractivity (Wildman–Crippen MR) is 76.4 cm³/mol. The van der Waals surface area contributed by atoms with Crippen molar-refractivity contribution >= 4 is 0 Å². The van der Waals surface area contributed by atoms with Crippen molar-refractivity contribution in [3.63, 3.8) is 0 Å². The monoisotopic (exact) mass is 301 g/mol. The first kappa shape index (κ1) is 16.1. The summed E-state index contributed by atoms with van der Waals surface area (Å²) in [4.78, 5) is 0. The van der Waals surface area contributed by atoms with Crippen LogP contribution in [0.3, 0.4) is 0 Å². The zero-order valence-electron chi connectivity index (χ0n) is 12.5. The third-order valence-corrected chi connectivity index (χ3v) is 3.92. The fourth-order valence-electron chi connectivity index (χ4n) is 2.59. The molecule has 1 aliphatic carbocycles. The Labute approximate surface area is 123 Å². The Balaban J connectivity index is 2.09. The summed E-state index contributed by atoms with van der Waals surface area (Å²) >= 11 is 0. The molecule has 1 aromatic carbocycles. The Bertz CT molecular complexity index is 467. The zero-order valence-corrected chi connectivity index (χ0v) is 12.5. The van der Waals surface area contributed by atoms with Crippen molar-refractivity contribution in [2.45, 2.75) is 57.3 Å². The van der Waals surface area contributed by atoms with Gasteiger partial charge in [0, 0.05) is 6.04 Å². The molecule has 5 heteroatoms. The van der Waals surface area contributed by atoms with E-state index in [0.717, 1.165) is 38.3 Å². The normalized spacial score (nSPS) is 17.6. The highest BCUT2D eigenvalue weighted by Gasteiger charge is 2.41. The average molecular weight is 301 g/mol. The molecule has 118 valence electrons. The summed E-state index contributed by atoms with van der Waals surface area (Å²) in [7, 11) is 0. The second-order valence-corrected chi connectivity index (χ2v) is 5.99. The van der Waals surface area contributed by atoms with Gasteiger partial charge in [0.2, 0.25) is 0 Å². The van der Waals surface area contributed by atoms with Gasteiger partial charge >= 0.3 is 6.18 Å². The smallest absolute Gasteiger partial charge is 0.419 e. The Hall–Kier alpha value is -1.23. The summed E-state index contributed by atoms with van der Waals surface area (Å²) in [6.07, 6.45) is -0.997. The standard InChI is InChI=1S/C16H22F3NO/c1-12(2)20-11-10-15(8-5-9-15)21-14-7-4-3-6-13(14)16(17,18)19/h3-4,6-7,12,20H,5,8-11H2,1-2H3. The molecule has 0 radical (unpaired) electrons. The molecule has 1 fully saturated rings. The number of halogens is 3. The molecule has 1 N–H and O–H groups in total. The maximum Gasteiger partial charge on any atom is 0.419 e. The minimum absolute atomic E-state index is 0.0470. The van der Waals surface area contributed by atoms with Gasteiger partial charge in [0.05, 0.1) is 5.56 Å². The van der Waals surface area contributed by atoms with Crippen molar-refractivity contribution in [1.82, 2.24) is 5.32 Å². The number of rotatable bonds is 6. The van der Waals surface area contributed by atoms with Crippen molar-refractivity contribution in [2.24, 2.45) is 0 Å². The molecular formula is C16H22F3NO. The first-order chi connectivity index (χ1) is 9.82. The van der Waals surface area contributed by atoms with Crippen molar-refractivity contribution in [3.8, 4) is 5.75 Å². The fourth-order valence-corrected chi connectivity index (χ4v) is 2.59. The highest BCUT2D eigenvalue weighted by molar-refractivity contribution is 5.36. The number of nitrogens with one attached hydrogen (secondary N) is 1. The first-order valence-corrected chi connectivity index (χ1v) is 7.41. The second-order valence-electron chi connectivity index (χ2n) is 5.99. The maximum atomic E-state index is 13.0. The molecule has 1 aromatic rings. The van der Waals surface area contributed by atoms with E-state index in [1.807, 2.05) is 13.8 Å². The van der Waals surface area contributed by atoms with Gasteiger partial charge in [-0.25, -0.2) is 0 Å². The molecular weight excluding hydrogens is 279 g/mol. The minimum Gasteiger partial charge on any atom is -0.487 e. The van der Waals surface area contributed by atoms with E-state index in [4.69, 9.17) is 4.74 Å². The molecule has 21 heavy (non-hydrogen) atoms. The van der Waals surface area contributed by atoms with E-state index >= 15 is 0 Å². The summed E-state index contributed by atoms with van der Waals surface area (Å²) in [5.41, 5.74) is -1.13. The molecule has 2 rings (SSSR count). The van der Waals surface area contributed by atoms with Gasteiger partial charge in [0.1, 0.15) is 11.4 Å². The zero-order chi connectivity index (χ0) is 15.5. The van der Waals surface area contributed by atoms with Crippen LogP contribution >= 0.6 is 0 Å². The van der Waals surface area contributed by atoms with Crippen LogP contribution < -0.4 is 10.1 Å². The van der Waals surface area contributed by atoms with Crippen LogP contribution in [0.2, 0.25) is 0 Å². The van der Waals surface area contributed by atoms with Crippen molar-refractivity contribution in [1.29, 1.82) is 0 Å². The van der Waals surface area contributed by atoms with Crippen LogP contribution in [0.1, 0.15) is 45.1 Å². The van der Waals surface area contributed by atoms with E-state index in [-0.39, 0.29) is 5.75 Å². The highest BCUT2D eigenvalue weighted by Crippen LogP contribution is 2.43. The molecule has 0 heterocycles. The lowest BCUT2D eigenvalue weighted by molar-refractivity contribution is -0.141. The molecule has 1 aliphatic rings. The summed E-state index contributed by atoms with van der Waals surface area (Å²) in [5.74, 6) is -0.0470. The lowest BCUT2D eigenvalue weighted by atomic mass is 9.77. The number of para-hydroxylation sites is 1. The van der Waals surface area contributed by atoms with Crippen molar-refractivity contribution in [3.05, 3.63) is 29.8 Å². The van der Waals surface area contributed by atoms with Gasteiger partial charge in [-0.3, -0.25) is 0 Å². The lowest BCUT2D eigenvalue weighted by Crippen LogP contribution is -2.46. The predicted octanol–water partition coefficient (Wildman–Crippen LogP) is 4.40. The van der Waals surface area contributed by atoms with Crippen LogP contribution in [-0.4, -0.2) is 18.2 Å². The molecule has 0 atom stereocenters. The van der Waals surface area contributed by atoms with E-state index in [1.165, 1.54) is 12.1 Å². The van der Waals surface area contributed by atoms with Crippen LogP contribution in [0.5, 0.6) is 5.75 Å². The Kier molecular flexibility index (Phi) is 4.81. The van der Waals surface area contributed by atoms with E-state index < -0.39 is 17.3 Å². The van der Waals surface area contributed by atoms with E-state index in [9.17, 15) is 13.2 Å². The van der Waals surface area contributed by atoms with Gasteiger partial charge in [-0.15, -0.1) is 0 Å². The maximum absolute atomic E-state index is 13.0. The number of ether oxygens (including phenoxy) is 1. The molecule has 0 amide bonds. The topological polar surface area (TPSA) is 21.3 Å². The molecule has 0 unspecified atom stereocenters. The SMILES string of the molecule is CC(C)NCCC1(Oc2ccccc2C(F)(F)F)CCC1. The Morgan fingerprint density at radius 3 is 2.43 bits per heavy atom. The lowest BCUT2D eigenvalue weighted by Gasteiger charge is -2.42. The van der Waals surface area contributed by atoms with Crippen LogP contribution in [0.25, 0.3) is 0 Å². The van der Waals surface area contributed by atoms with Crippen LogP contribution in [0.15, 0.2) is 24.3 Å². The Morgan fingerprint density at radius 1 is 1.24 bits per heavy atom. The van der Waals surface area contributed by atoms with Crippen LogP contribution in [0, 0.1) is 0 Å². The third kappa shape index (κ3) is 4.13. The fraction of sp³-hybridized carbons (Fsp3) is 0.625. The largest absolute Gasteiger partial charge is 0.487 e. The first-order valence-electron chi connectivity index (χ1n) is 7.41. The van der Waals surface area contributed by atoms with Gasteiger partial charge in [-0.05, 0) is 44.4 Å². The molecule has 2 nitrogen and oxygen atoms in total. The van der Waals surface area contributed by atoms with E-state index in [2.05, 4.69) is 5.32 Å². The van der Waals surface area contributed by atoms with Crippen LogP contribution in [-0.2, 0) is 6.18 Å². The highest BCUT2D eigenvalue weighted by atomic mass is 19.4. The van der Waals surface area contributed by atoms with Gasteiger partial charge in [-0.1, -0.05) is 26.0 Å². The van der Waals surface area contributed by atoms with Gasteiger partial charge in [0.25, 0.3) is 0 Å². The molecule has 0 bridgehead atoms. The van der Waals surface area contributed by atoms with E-state index in [0.29, 0.717) is 6.04 Å². The minimum atomic E-state index is -4.38. The van der Waals surface area contributed by atoms with Gasteiger partial charge < -0.3 is 10.1 Å². The molecule has 0 aliphatic heterocycles. The number of hydrogen-bond acceptors (Lipinski definition) is 2. The number of hydrogen-bond donors (Lipinski definition) is 1. The summed E-state index contributed by atoms with van der Waals surface area (Å²) in [6.45, 7) is 4.85. The average Bonchev–Trinajstić information content (AvgIpc) is 2.34. The van der Waals surface area contributed by atoms with E-state index in [1.54, 1.807) is 6.07 Å². The van der Waals surface area contributed by atoms with Gasteiger partial charge in [0.15, 0.2) is 0 Å². The van der Waals surface area contributed by atoms with Gasteiger partial charge in [-0.2, -0.15) is 13.2 Å². The number of benzene rings is 1. The quantitative estimate of drug-likeness (QED) is 0.841.